The van der Waals surface area contributed by atoms with Crippen molar-refractivity contribution in [2.45, 2.75) is 6.92 Å². The van der Waals surface area contributed by atoms with Crippen LogP contribution >= 0.6 is 0 Å². The van der Waals surface area contributed by atoms with Crippen LogP contribution in [0.2, 0.25) is 0 Å². The maximum Gasteiger partial charge on any atom is 0.231 e. The molecule has 4 aromatic rings. The highest BCUT2D eigenvalue weighted by Crippen LogP contribution is 2.31. The molecule has 0 aliphatic carbocycles. The Bertz CT molecular complexity index is 914. The molecule has 1 aromatic carbocycles. The van der Waals surface area contributed by atoms with E-state index in [2.05, 4.69) is 19.9 Å². The summed E-state index contributed by atoms with van der Waals surface area (Å²) in [5, 5.41) is 0. The van der Waals surface area contributed by atoms with Gasteiger partial charge in [-0.25, -0.2) is 15.0 Å². The smallest absolute Gasteiger partial charge is 0.231 e. The highest BCUT2D eigenvalue weighted by atomic mass is 16.3. The summed E-state index contributed by atoms with van der Waals surface area (Å²) in [6, 6.07) is 11.5. The molecule has 4 rings (SSSR count). The van der Waals surface area contributed by atoms with Crippen molar-refractivity contribution in [3.63, 3.8) is 0 Å². The lowest BCUT2D eigenvalue weighted by Crippen LogP contribution is -1.95. The first kappa shape index (κ1) is 12.6. The molecule has 22 heavy (non-hydrogen) atoms. The molecular formula is C17H12N4O. The van der Waals surface area contributed by atoms with Crippen molar-refractivity contribution >= 4 is 11.1 Å². The van der Waals surface area contributed by atoms with Crippen LogP contribution in [0.15, 0.2) is 59.4 Å². The summed E-state index contributed by atoms with van der Waals surface area (Å²) < 4.78 is 5.85. The first-order chi connectivity index (χ1) is 10.8. The molecule has 0 amide bonds. The number of pyridine rings is 1. The molecular weight excluding hydrogens is 276 g/mol. The fourth-order valence-corrected chi connectivity index (χ4v) is 2.34. The topological polar surface area (TPSA) is 64.7 Å². The summed E-state index contributed by atoms with van der Waals surface area (Å²) in [5.41, 5.74) is 4.09. The average Bonchev–Trinajstić information content (AvgIpc) is 2.99. The quantitative estimate of drug-likeness (QED) is 0.563. The molecule has 0 saturated heterocycles. The third-order valence-corrected chi connectivity index (χ3v) is 3.39. The Morgan fingerprint density at radius 1 is 0.955 bits per heavy atom. The van der Waals surface area contributed by atoms with Crippen LogP contribution in [0, 0.1) is 6.92 Å². The summed E-state index contributed by atoms with van der Waals surface area (Å²) in [6.07, 6.45) is 5.23. The number of benzene rings is 1. The number of aryl methyl sites for hydroxylation is 1. The molecule has 0 radical (unpaired) electrons. The summed E-state index contributed by atoms with van der Waals surface area (Å²) >= 11 is 0. The molecule has 0 aliphatic rings. The lowest BCUT2D eigenvalue weighted by atomic mass is 10.1. The van der Waals surface area contributed by atoms with Crippen molar-refractivity contribution in [2.75, 3.05) is 0 Å². The molecule has 5 heteroatoms. The normalized spacial score (nSPS) is 11.0. The molecule has 0 fully saturated rings. The van der Waals surface area contributed by atoms with Gasteiger partial charge in [-0.05, 0) is 31.2 Å². The Labute approximate surface area is 126 Å². The summed E-state index contributed by atoms with van der Waals surface area (Å²) in [7, 11) is 0. The van der Waals surface area contributed by atoms with Gasteiger partial charge in [-0.1, -0.05) is 12.1 Å². The van der Waals surface area contributed by atoms with Gasteiger partial charge in [-0.15, -0.1) is 0 Å². The summed E-state index contributed by atoms with van der Waals surface area (Å²) in [6.45, 7) is 1.86. The Hall–Kier alpha value is -3.08. The molecule has 5 nitrogen and oxygen atoms in total. The SMILES string of the molecule is Cc1ncc(-c2nc3ccccc3o2)c(-c2ccncc2)n1. The second-order valence-electron chi connectivity index (χ2n) is 4.90. The number of hydrogen-bond donors (Lipinski definition) is 0. The number of fused-ring (bicyclic) bond motifs is 1. The second-order valence-corrected chi connectivity index (χ2v) is 4.90. The van der Waals surface area contributed by atoms with Gasteiger partial charge in [0.25, 0.3) is 0 Å². The fourth-order valence-electron chi connectivity index (χ4n) is 2.34. The average molecular weight is 288 g/mol. The zero-order valence-corrected chi connectivity index (χ0v) is 11.9. The number of nitrogens with zero attached hydrogens (tertiary/aromatic N) is 4. The van der Waals surface area contributed by atoms with E-state index in [0.717, 1.165) is 27.9 Å². The van der Waals surface area contributed by atoms with Crippen LogP contribution in [0.5, 0.6) is 0 Å². The first-order valence-corrected chi connectivity index (χ1v) is 6.91. The van der Waals surface area contributed by atoms with Gasteiger partial charge < -0.3 is 4.42 Å². The molecule has 0 aliphatic heterocycles. The van der Waals surface area contributed by atoms with Gasteiger partial charge in [0.15, 0.2) is 5.58 Å². The van der Waals surface area contributed by atoms with Gasteiger partial charge in [0.1, 0.15) is 11.3 Å². The van der Waals surface area contributed by atoms with Crippen LogP contribution in [-0.4, -0.2) is 19.9 Å². The van der Waals surface area contributed by atoms with E-state index in [1.807, 2.05) is 43.3 Å². The van der Waals surface area contributed by atoms with E-state index in [9.17, 15) is 0 Å². The summed E-state index contributed by atoms with van der Waals surface area (Å²) in [4.78, 5) is 17.4. The van der Waals surface area contributed by atoms with Gasteiger partial charge in [0, 0.05) is 24.2 Å². The number of para-hydroxylation sites is 2. The molecule has 0 spiro atoms. The van der Waals surface area contributed by atoms with Crippen molar-refractivity contribution in [1.29, 1.82) is 0 Å². The minimum absolute atomic E-state index is 0.521. The van der Waals surface area contributed by atoms with Gasteiger partial charge >= 0.3 is 0 Å². The van der Waals surface area contributed by atoms with Crippen LogP contribution in [-0.2, 0) is 0 Å². The molecule has 106 valence electrons. The number of hydrogen-bond acceptors (Lipinski definition) is 5. The molecule has 0 saturated carbocycles. The first-order valence-electron chi connectivity index (χ1n) is 6.91. The maximum atomic E-state index is 5.85. The Morgan fingerprint density at radius 2 is 1.77 bits per heavy atom. The standard InChI is InChI=1S/C17H12N4O/c1-11-19-10-13(16(20-11)12-6-8-18-9-7-12)17-21-14-4-2-3-5-15(14)22-17/h2-10H,1H3. The van der Waals surface area contributed by atoms with E-state index in [4.69, 9.17) is 4.42 Å². The molecule has 3 heterocycles. The van der Waals surface area contributed by atoms with Crippen molar-refractivity contribution in [3.8, 4) is 22.7 Å². The van der Waals surface area contributed by atoms with Crippen molar-refractivity contribution < 1.29 is 4.42 Å². The monoisotopic (exact) mass is 288 g/mol. The lowest BCUT2D eigenvalue weighted by Gasteiger charge is -2.06. The van der Waals surface area contributed by atoms with Crippen LogP contribution in [0.1, 0.15) is 5.82 Å². The largest absolute Gasteiger partial charge is 0.436 e. The highest BCUT2D eigenvalue weighted by molar-refractivity contribution is 5.81. The number of aromatic nitrogens is 4. The van der Waals surface area contributed by atoms with Gasteiger partial charge in [0.2, 0.25) is 5.89 Å². The van der Waals surface area contributed by atoms with Gasteiger partial charge in [-0.2, -0.15) is 0 Å². The van der Waals surface area contributed by atoms with Crippen molar-refractivity contribution in [2.24, 2.45) is 0 Å². The lowest BCUT2D eigenvalue weighted by molar-refractivity contribution is 0.619. The van der Waals surface area contributed by atoms with Crippen LogP contribution in [0.3, 0.4) is 0 Å². The molecule has 0 N–H and O–H groups in total. The van der Waals surface area contributed by atoms with E-state index in [-0.39, 0.29) is 0 Å². The van der Waals surface area contributed by atoms with Gasteiger partial charge in [0.05, 0.1) is 11.3 Å². The van der Waals surface area contributed by atoms with E-state index in [0.29, 0.717) is 11.7 Å². The highest BCUT2D eigenvalue weighted by Gasteiger charge is 2.15. The predicted octanol–water partition coefficient (Wildman–Crippen LogP) is 3.66. The third-order valence-electron chi connectivity index (χ3n) is 3.39. The predicted molar refractivity (Wildman–Crippen MR) is 83.0 cm³/mol. The van der Waals surface area contributed by atoms with E-state index in [1.54, 1.807) is 18.6 Å². The Kier molecular flexibility index (Phi) is 2.89. The van der Waals surface area contributed by atoms with E-state index < -0.39 is 0 Å². The van der Waals surface area contributed by atoms with E-state index >= 15 is 0 Å². The van der Waals surface area contributed by atoms with E-state index in [1.165, 1.54) is 0 Å². The molecule has 0 unspecified atom stereocenters. The number of rotatable bonds is 2. The zero-order valence-electron chi connectivity index (χ0n) is 11.9. The van der Waals surface area contributed by atoms with Gasteiger partial charge in [-0.3, -0.25) is 4.98 Å². The third kappa shape index (κ3) is 2.13. The molecule has 0 bridgehead atoms. The maximum absolute atomic E-state index is 5.85. The Balaban J connectivity index is 1.95. The second kappa shape index (κ2) is 5.04. The summed E-state index contributed by atoms with van der Waals surface area (Å²) in [5.74, 6) is 1.22. The fraction of sp³-hybridized carbons (Fsp3) is 0.0588. The molecule has 0 atom stereocenters. The minimum Gasteiger partial charge on any atom is -0.436 e. The Morgan fingerprint density at radius 3 is 2.59 bits per heavy atom. The number of oxazole rings is 1. The minimum atomic E-state index is 0.521. The zero-order chi connectivity index (χ0) is 14.9. The van der Waals surface area contributed by atoms with Crippen LogP contribution in [0.4, 0.5) is 0 Å². The van der Waals surface area contributed by atoms with Crippen molar-refractivity contribution in [3.05, 3.63) is 60.8 Å². The van der Waals surface area contributed by atoms with Crippen LogP contribution in [0.25, 0.3) is 33.8 Å². The molecule has 3 aromatic heterocycles. The van der Waals surface area contributed by atoms with Crippen molar-refractivity contribution in [1.82, 2.24) is 19.9 Å². The van der Waals surface area contributed by atoms with Crippen LogP contribution < -0.4 is 0 Å².